The van der Waals surface area contributed by atoms with Crippen molar-refractivity contribution in [1.29, 1.82) is 0 Å². The van der Waals surface area contributed by atoms with Crippen LogP contribution in [0, 0.1) is 0 Å². The van der Waals surface area contributed by atoms with E-state index in [4.69, 9.17) is 47.0 Å². The Bertz CT molecular complexity index is 784. The standard InChI is InChI=1S/C16H9Cl3S2/c17-16(18,19)21-15(20)14-12-7-3-1-5-10(12)9-11-6-2-4-8-13(11)14/h1-9H. The molecule has 0 bridgehead atoms. The summed E-state index contributed by atoms with van der Waals surface area (Å²) in [5, 5.41) is 4.39. The molecule has 0 aliphatic rings. The zero-order valence-electron chi connectivity index (χ0n) is 10.6. The summed E-state index contributed by atoms with van der Waals surface area (Å²) in [6.45, 7) is 0. The van der Waals surface area contributed by atoms with Crippen LogP contribution in [0.1, 0.15) is 5.56 Å². The minimum Gasteiger partial charge on any atom is -0.0717 e. The number of alkyl halides is 3. The Balaban J connectivity index is 2.32. The lowest BCUT2D eigenvalue weighted by molar-refractivity contribution is 1.75. The highest BCUT2D eigenvalue weighted by Gasteiger charge is 2.25. The fraction of sp³-hybridized carbons (Fsp3) is 0.0625. The van der Waals surface area contributed by atoms with Crippen molar-refractivity contribution in [1.82, 2.24) is 0 Å². The van der Waals surface area contributed by atoms with Crippen molar-refractivity contribution in [3.8, 4) is 0 Å². The van der Waals surface area contributed by atoms with Crippen LogP contribution in [0.5, 0.6) is 0 Å². The van der Waals surface area contributed by atoms with Gasteiger partial charge in [0.2, 0.25) is 3.12 Å². The second-order valence-corrected chi connectivity index (χ2v) is 9.37. The Morgan fingerprint density at radius 2 is 1.33 bits per heavy atom. The molecule has 5 heteroatoms. The van der Waals surface area contributed by atoms with E-state index in [1.165, 1.54) is 0 Å². The SMILES string of the molecule is S=C(SC(Cl)(Cl)Cl)c1c2ccccc2cc2ccccc12. The van der Waals surface area contributed by atoms with Gasteiger partial charge < -0.3 is 0 Å². The molecule has 0 aromatic heterocycles. The quantitative estimate of drug-likeness (QED) is 0.264. The molecule has 0 unspecified atom stereocenters. The molecule has 106 valence electrons. The average molecular weight is 372 g/mol. The van der Waals surface area contributed by atoms with E-state index in [0.29, 0.717) is 4.20 Å². The Kier molecular flexibility index (Phi) is 4.35. The Hall–Kier alpha value is -0.510. The first-order valence-electron chi connectivity index (χ1n) is 6.16. The van der Waals surface area contributed by atoms with Crippen LogP contribution < -0.4 is 0 Å². The van der Waals surface area contributed by atoms with Crippen LogP contribution in [-0.2, 0) is 0 Å². The van der Waals surface area contributed by atoms with Gasteiger partial charge in [-0.15, -0.1) is 0 Å². The maximum atomic E-state index is 5.89. The van der Waals surface area contributed by atoms with Crippen LogP contribution in [-0.4, -0.2) is 7.32 Å². The number of halogens is 3. The molecule has 0 atom stereocenters. The second kappa shape index (κ2) is 5.94. The third-order valence-corrected chi connectivity index (χ3v) is 4.95. The van der Waals surface area contributed by atoms with E-state index in [2.05, 4.69) is 18.2 Å². The van der Waals surface area contributed by atoms with E-state index in [0.717, 1.165) is 38.9 Å². The highest BCUT2D eigenvalue weighted by atomic mass is 35.6. The minimum atomic E-state index is -1.46. The largest absolute Gasteiger partial charge is 0.242 e. The Morgan fingerprint density at radius 1 is 0.857 bits per heavy atom. The van der Waals surface area contributed by atoms with Crippen molar-refractivity contribution in [2.45, 2.75) is 3.12 Å². The van der Waals surface area contributed by atoms with Crippen LogP contribution in [0.3, 0.4) is 0 Å². The van der Waals surface area contributed by atoms with Gasteiger partial charge in [-0.25, -0.2) is 0 Å². The number of benzene rings is 3. The van der Waals surface area contributed by atoms with Gasteiger partial charge in [0.25, 0.3) is 0 Å². The summed E-state index contributed by atoms with van der Waals surface area (Å²) in [5.74, 6) is 0. The van der Waals surface area contributed by atoms with Crippen molar-refractivity contribution >= 4 is 84.5 Å². The predicted molar refractivity (Wildman–Crippen MR) is 101 cm³/mol. The molecule has 0 N–H and O–H groups in total. The predicted octanol–water partition coefficient (Wildman–Crippen LogP) is 6.73. The molecule has 0 amide bonds. The monoisotopic (exact) mass is 370 g/mol. The summed E-state index contributed by atoms with van der Waals surface area (Å²) in [5.41, 5.74) is 0.954. The summed E-state index contributed by atoms with van der Waals surface area (Å²) in [7, 11) is 0. The third kappa shape index (κ3) is 3.30. The maximum Gasteiger partial charge on any atom is 0.242 e. The van der Waals surface area contributed by atoms with Gasteiger partial charge in [0, 0.05) is 5.56 Å². The highest BCUT2D eigenvalue weighted by Crippen LogP contribution is 2.43. The summed E-state index contributed by atoms with van der Waals surface area (Å²) < 4.78 is -0.877. The Labute approximate surface area is 147 Å². The molecule has 3 aromatic rings. The van der Waals surface area contributed by atoms with Gasteiger partial charge in [0.1, 0.15) is 0 Å². The average Bonchev–Trinajstić information content (AvgIpc) is 2.42. The lowest BCUT2D eigenvalue weighted by Crippen LogP contribution is -2.03. The lowest BCUT2D eigenvalue weighted by Gasteiger charge is -2.15. The highest BCUT2D eigenvalue weighted by molar-refractivity contribution is 8.26. The maximum absolute atomic E-state index is 5.89. The van der Waals surface area contributed by atoms with Gasteiger partial charge >= 0.3 is 0 Å². The van der Waals surface area contributed by atoms with Crippen LogP contribution in [0.15, 0.2) is 54.6 Å². The number of rotatable bonds is 1. The zero-order valence-corrected chi connectivity index (χ0v) is 14.5. The zero-order chi connectivity index (χ0) is 15.0. The van der Waals surface area contributed by atoms with E-state index < -0.39 is 3.12 Å². The van der Waals surface area contributed by atoms with Crippen LogP contribution in [0.25, 0.3) is 21.5 Å². The summed E-state index contributed by atoms with van der Waals surface area (Å²) >= 11 is 24.3. The lowest BCUT2D eigenvalue weighted by atomic mass is 9.98. The Morgan fingerprint density at radius 3 is 1.81 bits per heavy atom. The molecule has 3 aromatic carbocycles. The summed E-state index contributed by atoms with van der Waals surface area (Å²) in [6.07, 6.45) is 0. The molecule has 0 aliphatic heterocycles. The number of thioether (sulfide) groups is 1. The van der Waals surface area contributed by atoms with E-state index in [1.807, 2.05) is 36.4 Å². The molecular weight excluding hydrogens is 363 g/mol. The van der Waals surface area contributed by atoms with Gasteiger partial charge in [0.15, 0.2) is 0 Å². The fourth-order valence-electron chi connectivity index (χ4n) is 2.39. The first-order chi connectivity index (χ1) is 9.96. The molecule has 0 radical (unpaired) electrons. The molecule has 0 saturated heterocycles. The van der Waals surface area contributed by atoms with Gasteiger partial charge in [-0.1, -0.05) is 107 Å². The fourth-order valence-corrected chi connectivity index (χ4v) is 4.62. The topological polar surface area (TPSA) is 0 Å². The third-order valence-electron chi connectivity index (χ3n) is 3.18. The number of thiocarbonyl (C=S) groups is 1. The van der Waals surface area contributed by atoms with Gasteiger partial charge in [-0.05, 0) is 27.6 Å². The van der Waals surface area contributed by atoms with E-state index >= 15 is 0 Å². The normalized spacial score (nSPS) is 12.0. The van der Waals surface area contributed by atoms with Crippen molar-refractivity contribution < 1.29 is 0 Å². The van der Waals surface area contributed by atoms with Gasteiger partial charge in [-0.2, -0.15) is 0 Å². The van der Waals surface area contributed by atoms with E-state index in [-0.39, 0.29) is 0 Å². The number of hydrogen-bond acceptors (Lipinski definition) is 2. The van der Waals surface area contributed by atoms with Crippen LogP contribution in [0.2, 0.25) is 0 Å². The smallest absolute Gasteiger partial charge is 0.0717 e. The van der Waals surface area contributed by atoms with Gasteiger partial charge in [0.05, 0.1) is 4.20 Å². The molecular formula is C16H9Cl3S2. The van der Waals surface area contributed by atoms with E-state index in [9.17, 15) is 0 Å². The van der Waals surface area contributed by atoms with Crippen LogP contribution >= 0.6 is 58.8 Å². The minimum absolute atomic E-state index is 0.586. The molecule has 0 heterocycles. The van der Waals surface area contributed by atoms with Crippen molar-refractivity contribution in [2.24, 2.45) is 0 Å². The summed E-state index contributed by atoms with van der Waals surface area (Å²) in [4.78, 5) is 0. The number of fused-ring (bicyclic) bond motifs is 2. The first-order valence-corrected chi connectivity index (χ1v) is 8.52. The number of hydrogen-bond donors (Lipinski definition) is 0. The van der Waals surface area contributed by atoms with Gasteiger partial charge in [-0.3, -0.25) is 0 Å². The van der Waals surface area contributed by atoms with Crippen molar-refractivity contribution in [3.63, 3.8) is 0 Å². The van der Waals surface area contributed by atoms with Crippen LogP contribution in [0.4, 0.5) is 0 Å². The molecule has 0 fully saturated rings. The molecule has 0 nitrogen and oxygen atoms in total. The molecule has 3 rings (SSSR count). The molecule has 0 saturated carbocycles. The summed E-state index contributed by atoms with van der Waals surface area (Å²) in [6, 6.07) is 18.4. The second-order valence-electron chi connectivity index (χ2n) is 4.53. The molecule has 21 heavy (non-hydrogen) atoms. The van der Waals surface area contributed by atoms with Crippen molar-refractivity contribution in [3.05, 3.63) is 60.2 Å². The van der Waals surface area contributed by atoms with E-state index in [1.54, 1.807) is 0 Å². The van der Waals surface area contributed by atoms with Crippen molar-refractivity contribution in [2.75, 3.05) is 0 Å². The molecule has 0 aliphatic carbocycles. The molecule has 0 spiro atoms. The first kappa shape index (κ1) is 15.4.